The highest BCUT2D eigenvalue weighted by molar-refractivity contribution is 5.75. The van der Waals surface area contributed by atoms with Crippen molar-refractivity contribution in [1.82, 2.24) is 5.48 Å². The zero-order valence-corrected chi connectivity index (χ0v) is 7.16. The Kier molecular flexibility index (Phi) is 5.03. The second-order valence-electron chi connectivity index (χ2n) is 2.81. The van der Waals surface area contributed by atoms with Crippen molar-refractivity contribution in [2.75, 3.05) is 6.61 Å². The Hall–Kier alpha value is -1.10. The first-order chi connectivity index (χ1) is 5.52. The molecule has 0 heterocycles. The van der Waals surface area contributed by atoms with Crippen molar-refractivity contribution in [2.45, 2.75) is 20.3 Å². The molecule has 2 N–H and O–H groups in total. The van der Waals surface area contributed by atoms with Crippen LogP contribution >= 0.6 is 0 Å². The van der Waals surface area contributed by atoms with Gasteiger partial charge in [0.2, 0.25) is 5.91 Å². The van der Waals surface area contributed by atoms with Crippen LogP contribution in [0.5, 0.6) is 0 Å². The minimum absolute atomic E-state index is 0.235. The highest BCUT2D eigenvalue weighted by Gasteiger charge is 2.04. The lowest BCUT2D eigenvalue weighted by Crippen LogP contribution is -2.27. The third kappa shape index (κ3) is 7.01. The van der Waals surface area contributed by atoms with Gasteiger partial charge in [0, 0.05) is 6.42 Å². The lowest BCUT2D eigenvalue weighted by molar-refractivity contribution is -0.149. The van der Waals surface area contributed by atoms with Crippen LogP contribution in [0.1, 0.15) is 20.3 Å². The number of nitrogens with one attached hydrogen (secondary N) is 1. The zero-order chi connectivity index (χ0) is 9.56. The summed E-state index contributed by atoms with van der Waals surface area (Å²) in [6, 6.07) is 0. The summed E-state index contributed by atoms with van der Waals surface area (Å²) in [7, 11) is 0. The normalized spacial score (nSPS) is 9.92. The number of hydrogen-bond acceptors (Lipinski definition) is 3. The molecule has 0 aliphatic heterocycles. The first-order valence-electron chi connectivity index (χ1n) is 3.64. The molecule has 0 aliphatic rings. The first-order valence-corrected chi connectivity index (χ1v) is 3.64. The summed E-state index contributed by atoms with van der Waals surface area (Å²) in [4.78, 5) is 25.1. The minimum atomic E-state index is -1.11. The molecular weight excluding hydrogens is 162 g/mol. The minimum Gasteiger partial charge on any atom is -0.479 e. The third-order valence-electron chi connectivity index (χ3n) is 0.975. The van der Waals surface area contributed by atoms with Crippen LogP contribution in [0.3, 0.4) is 0 Å². The molecule has 0 radical (unpaired) electrons. The Morgan fingerprint density at radius 1 is 1.50 bits per heavy atom. The zero-order valence-electron chi connectivity index (χ0n) is 7.16. The number of hydrogen-bond donors (Lipinski definition) is 2. The van der Waals surface area contributed by atoms with E-state index in [1.807, 2.05) is 19.3 Å². The van der Waals surface area contributed by atoms with Gasteiger partial charge in [0.05, 0.1) is 0 Å². The van der Waals surface area contributed by atoms with Crippen LogP contribution in [0, 0.1) is 5.92 Å². The lowest BCUT2D eigenvalue weighted by Gasteiger charge is -2.04. The summed E-state index contributed by atoms with van der Waals surface area (Å²) in [5.74, 6) is -1.18. The van der Waals surface area contributed by atoms with Gasteiger partial charge in [-0.3, -0.25) is 9.63 Å². The molecule has 0 aromatic carbocycles. The van der Waals surface area contributed by atoms with Gasteiger partial charge < -0.3 is 5.11 Å². The molecular formula is C7H13NO4. The van der Waals surface area contributed by atoms with Gasteiger partial charge in [-0.2, -0.15) is 0 Å². The van der Waals surface area contributed by atoms with Crippen molar-refractivity contribution in [3.8, 4) is 0 Å². The molecule has 70 valence electrons. The predicted octanol–water partition coefficient (Wildman–Crippen LogP) is 0.165. The summed E-state index contributed by atoms with van der Waals surface area (Å²) >= 11 is 0. The van der Waals surface area contributed by atoms with Crippen molar-refractivity contribution < 1.29 is 19.5 Å². The van der Waals surface area contributed by atoms with Gasteiger partial charge in [0.25, 0.3) is 0 Å². The van der Waals surface area contributed by atoms with Crippen LogP contribution in [-0.2, 0) is 14.4 Å². The second kappa shape index (κ2) is 5.54. The monoisotopic (exact) mass is 175 g/mol. The van der Waals surface area contributed by atoms with E-state index in [0.717, 1.165) is 0 Å². The van der Waals surface area contributed by atoms with E-state index in [2.05, 4.69) is 4.84 Å². The SMILES string of the molecule is CC(C)CC(=O)NOCC(=O)O. The van der Waals surface area contributed by atoms with E-state index in [1.54, 1.807) is 0 Å². The number of amides is 1. The number of carbonyl (C=O) groups excluding carboxylic acids is 1. The van der Waals surface area contributed by atoms with Gasteiger partial charge in [-0.05, 0) is 5.92 Å². The molecule has 0 bridgehead atoms. The Morgan fingerprint density at radius 2 is 2.08 bits per heavy atom. The summed E-state index contributed by atoms with van der Waals surface area (Å²) in [5, 5.41) is 8.13. The standard InChI is InChI=1S/C7H13NO4/c1-5(2)3-6(9)8-12-4-7(10)11/h5H,3-4H2,1-2H3,(H,8,9)(H,10,11). The summed E-state index contributed by atoms with van der Waals surface area (Å²) in [5.41, 5.74) is 2.03. The molecule has 0 saturated carbocycles. The fraction of sp³-hybridized carbons (Fsp3) is 0.714. The maximum Gasteiger partial charge on any atom is 0.332 e. The fourth-order valence-electron chi connectivity index (χ4n) is 0.591. The van der Waals surface area contributed by atoms with Crippen LogP contribution in [0.4, 0.5) is 0 Å². The molecule has 0 saturated heterocycles. The molecule has 5 heteroatoms. The molecule has 0 aromatic heterocycles. The number of hydroxylamine groups is 1. The van der Waals surface area contributed by atoms with E-state index < -0.39 is 12.6 Å². The number of carboxylic acids is 1. The molecule has 12 heavy (non-hydrogen) atoms. The van der Waals surface area contributed by atoms with Crippen LogP contribution in [0.15, 0.2) is 0 Å². The molecule has 0 aromatic rings. The van der Waals surface area contributed by atoms with Crippen LogP contribution in [-0.4, -0.2) is 23.6 Å². The van der Waals surface area contributed by atoms with E-state index in [4.69, 9.17) is 5.11 Å². The molecule has 0 atom stereocenters. The third-order valence-corrected chi connectivity index (χ3v) is 0.975. The van der Waals surface area contributed by atoms with Crippen molar-refractivity contribution in [2.24, 2.45) is 5.92 Å². The summed E-state index contributed by atoms with van der Waals surface area (Å²) in [6.45, 7) is 3.26. The van der Waals surface area contributed by atoms with Crippen LogP contribution < -0.4 is 5.48 Å². The molecule has 1 amide bonds. The lowest BCUT2D eigenvalue weighted by atomic mass is 10.1. The van der Waals surface area contributed by atoms with Crippen molar-refractivity contribution >= 4 is 11.9 Å². The van der Waals surface area contributed by atoms with E-state index in [0.29, 0.717) is 6.42 Å². The summed E-state index contributed by atoms with van der Waals surface area (Å²) < 4.78 is 0. The number of rotatable bonds is 5. The first kappa shape index (κ1) is 10.9. The largest absolute Gasteiger partial charge is 0.479 e. The van der Waals surface area contributed by atoms with Gasteiger partial charge >= 0.3 is 5.97 Å². The maximum absolute atomic E-state index is 10.8. The molecule has 0 spiro atoms. The fourth-order valence-corrected chi connectivity index (χ4v) is 0.591. The van der Waals surface area contributed by atoms with Gasteiger partial charge in [-0.25, -0.2) is 10.3 Å². The Morgan fingerprint density at radius 3 is 2.50 bits per heavy atom. The topological polar surface area (TPSA) is 75.6 Å². The van der Waals surface area contributed by atoms with Crippen LogP contribution in [0.2, 0.25) is 0 Å². The Labute approximate surface area is 70.7 Å². The van der Waals surface area contributed by atoms with E-state index in [9.17, 15) is 9.59 Å². The van der Waals surface area contributed by atoms with Gasteiger partial charge in [-0.1, -0.05) is 13.8 Å². The van der Waals surface area contributed by atoms with E-state index >= 15 is 0 Å². The van der Waals surface area contributed by atoms with Gasteiger partial charge in [-0.15, -0.1) is 0 Å². The smallest absolute Gasteiger partial charge is 0.332 e. The average Bonchev–Trinajstić information content (AvgIpc) is 1.84. The van der Waals surface area contributed by atoms with Crippen molar-refractivity contribution in [1.29, 1.82) is 0 Å². The Balaban J connectivity index is 3.38. The molecule has 0 fully saturated rings. The summed E-state index contributed by atoms with van der Waals surface area (Å²) in [6.07, 6.45) is 0.333. The van der Waals surface area contributed by atoms with Crippen LogP contribution in [0.25, 0.3) is 0 Å². The van der Waals surface area contributed by atoms with E-state index in [-0.39, 0.29) is 11.8 Å². The van der Waals surface area contributed by atoms with Gasteiger partial charge in [0.1, 0.15) is 0 Å². The number of carboxylic acid groups (broad SMARTS) is 1. The Bertz CT molecular complexity index is 167. The molecule has 0 unspecified atom stereocenters. The van der Waals surface area contributed by atoms with Crippen molar-refractivity contribution in [3.05, 3.63) is 0 Å². The maximum atomic E-state index is 10.8. The predicted molar refractivity (Wildman–Crippen MR) is 41.2 cm³/mol. The quantitative estimate of drug-likeness (QED) is 0.584. The highest BCUT2D eigenvalue weighted by Crippen LogP contribution is 1.97. The molecule has 0 aliphatic carbocycles. The number of carbonyl (C=O) groups is 2. The van der Waals surface area contributed by atoms with Gasteiger partial charge in [0.15, 0.2) is 6.61 Å². The molecule has 0 rings (SSSR count). The van der Waals surface area contributed by atoms with E-state index in [1.165, 1.54) is 0 Å². The van der Waals surface area contributed by atoms with Crippen molar-refractivity contribution in [3.63, 3.8) is 0 Å². The average molecular weight is 175 g/mol. The highest BCUT2D eigenvalue weighted by atomic mass is 16.7. The molecule has 5 nitrogen and oxygen atoms in total. The number of aliphatic carboxylic acids is 1. The second-order valence-corrected chi connectivity index (χ2v) is 2.81.